The summed E-state index contributed by atoms with van der Waals surface area (Å²) < 4.78 is 11.8. The van der Waals surface area contributed by atoms with Gasteiger partial charge in [0.25, 0.3) is 11.8 Å². The van der Waals surface area contributed by atoms with Crippen molar-refractivity contribution in [1.29, 1.82) is 0 Å². The van der Waals surface area contributed by atoms with Gasteiger partial charge in [0.05, 0.1) is 0 Å². The summed E-state index contributed by atoms with van der Waals surface area (Å²) in [6, 6.07) is 27.7. The number of benzene rings is 3. The molecule has 2 fully saturated rings. The van der Waals surface area contributed by atoms with Crippen LogP contribution in [0.25, 0.3) is 0 Å². The average molecular weight is 583 g/mol. The molecule has 1 unspecified atom stereocenters. The van der Waals surface area contributed by atoms with Crippen molar-refractivity contribution in [2.24, 2.45) is 5.92 Å². The highest BCUT2D eigenvalue weighted by molar-refractivity contribution is 8.00. The molecule has 0 radical (unpaired) electrons. The molecule has 2 atom stereocenters. The van der Waals surface area contributed by atoms with Crippen molar-refractivity contribution in [3.8, 4) is 5.75 Å². The van der Waals surface area contributed by atoms with E-state index in [9.17, 15) is 14.4 Å². The quantitative estimate of drug-likeness (QED) is 0.260. The van der Waals surface area contributed by atoms with Crippen molar-refractivity contribution < 1.29 is 23.9 Å². The van der Waals surface area contributed by atoms with Gasteiger partial charge in [0.15, 0.2) is 12.7 Å². The zero-order valence-corrected chi connectivity index (χ0v) is 24.1. The summed E-state index contributed by atoms with van der Waals surface area (Å²) >= 11 is 1.60. The highest BCUT2D eigenvalue weighted by Gasteiger charge is 2.55. The topological polar surface area (TPSA) is 84.9 Å². The number of fused-ring (bicyclic) bond motifs is 1. The number of para-hydroxylation sites is 1. The molecule has 8 heteroatoms. The summed E-state index contributed by atoms with van der Waals surface area (Å²) in [5.41, 5.74) is 3.07. The van der Waals surface area contributed by atoms with E-state index >= 15 is 0 Å². The summed E-state index contributed by atoms with van der Waals surface area (Å²) in [5, 5.41) is 2.46. The number of hydrogen-bond acceptors (Lipinski definition) is 6. The van der Waals surface area contributed by atoms with Gasteiger partial charge in [-0.25, -0.2) is 4.79 Å². The lowest BCUT2D eigenvalue weighted by atomic mass is 9.82. The number of carbonyl (C=O) groups excluding carboxylic acids is 3. The first-order valence-electron chi connectivity index (χ1n) is 14.6. The minimum Gasteiger partial charge on any atom is -0.484 e. The lowest BCUT2D eigenvalue weighted by Gasteiger charge is -2.50. The number of hydrogen-bond donors (Lipinski definition) is 1. The maximum absolute atomic E-state index is 14.1. The molecule has 7 nitrogen and oxygen atoms in total. The predicted octanol–water partition coefficient (Wildman–Crippen LogP) is 5.63. The Morgan fingerprint density at radius 1 is 0.857 bits per heavy atom. The Kier molecular flexibility index (Phi) is 8.60. The van der Waals surface area contributed by atoms with Crippen molar-refractivity contribution in [2.75, 3.05) is 12.4 Å². The monoisotopic (exact) mass is 582 g/mol. The third kappa shape index (κ3) is 5.95. The number of β-lactam (4-membered cyclic amide) rings is 1. The number of nitrogens with one attached hydrogen (secondary N) is 1. The normalized spacial score (nSPS) is 20.5. The van der Waals surface area contributed by atoms with Crippen LogP contribution >= 0.6 is 11.8 Å². The third-order valence-corrected chi connectivity index (χ3v) is 9.45. The van der Waals surface area contributed by atoms with Crippen LogP contribution in [0.1, 0.15) is 49.3 Å². The molecule has 42 heavy (non-hydrogen) atoms. The summed E-state index contributed by atoms with van der Waals surface area (Å²) in [6.07, 6.45) is 4.78. The number of amides is 2. The Morgan fingerprint density at radius 3 is 2.07 bits per heavy atom. The molecule has 2 heterocycles. The number of ether oxygens (including phenoxy) is 2. The van der Waals surface area contributed by atoms with Crippen LogP contribution in [0.3, 0.4) is 0 Å². The smallest absolute Gasteiger partial charge is 0.356 e. The number of rotatable bonds is 9. The van der Waals surface area contributed by atoms with E-state index in [1.165, 1.54) is 6.42 Å². The average Bonchev–Trinajstić information content (AvgIpc) is 3.06. The molecule has 3 aliphatic rings. The van der Waals surface area contributed by atoms with Crippen LogP contribution in [0.15, 0.2) is 102 Å². The molecule has 1 N–H and O–H groups in total. The fourth-order valence-electron chi connectivity index (χ4n) is 6.02. The Morgan fingerprint density at radius 2 is 1.45 bits per heavy atom. The number of carbonyl (C=O) groups is 3. The maximum Gasteiger partial charge on any atom is 0.356 e. The second kappa shape index (κ2) is 12.9. The first kappa shape index (κ1) is 28.1. The van der Waals surface area contributed by atoms with E-state index in [4.69, 9.17) is 9.47 Å². The van der Waals surface area contributed by atoms with Gasteiger partial charge in [-0.3, -0.25) is 14.5 Å². The lowest BCUT2D eigenvalue weighted by Crippen LogP contribution is -2.71. The second-order valence-electron chi connectivity index (χ2n) is 10.9. The Labute approximate surface area is 250 Å². The van der Waals surface area contributed by atoms with E-state index in [0.29, 0.717) is 17.2 Å². The highest BCUT2D eigenvalue weighted by Crippen LogP contribution is 2.45. The van der Waals surface area contributed by atoms with Gasteiger partial charge in [-0.15, -0.1) is 11.8 Å². The summed E-state index contributed by atoms with van der Waals surface area (Å²) in [6.45, 7) is -0.195. The molecule has 6 rings (SSSR count). The first-order chi connectivity index (χ1) is 20.6. The predicted molar refractivity (Wildman–Crippen MR) is 161 cm³/mol. The molecule has 1 aliphatic carbocycles. The van der Waals surface area contributed by atoms with Crippen LogP contribution in [-0.4, -0.2) is 46.5 Å². The SMILES string of the molecule is O=C(COc1ccccc1)NC1C(=O)N2C(C(=O)OC(c3ccccc3)c3ccccc3)=C(C3CCCCC3)CS[C@H]12. The summed E-state index contributed by atoms with van der Waals surface area (Å²) in [5.74, 6) is 0.273. The minimum absolute atomic E-state index is 0.195. The van der Waals surface area contributed by atoms with Gasteiger partial charge in [-0.2, -0.15) is 0 Å². The summed E-state index contributed by atoms with van der Waals surface area (Å²) in [4.78, 5) is 42.0. The van der Waals surface area contributed by atoms with Crippen molar-refractivity contribution in [1.82, 2.24) is 10.2 Å². The van der Waals surface area contributed by atoms with E-state index < -0.39 is 18.1 Å². The van der Waals surface area contributed by atoms with Gasteiger partial charge >= 0.3 is 5.97 Å². The van der Waals surface area contributed by atoms with Crippen LogP contribution in [-0.2, 0) is 19.1 Å². The van der Waals surface area contributed by atoms with Crippen LogP contribution in [0.2, 0.25) is 0 Å². The number of esters is 1. The Balaban J connectivity index is 1.24. The zero-order chi connectivity index (χ0) is 28.9. The molecule has 0 bridgehead atoms. The standard InChI is InChI=1S/C34H34N2O5S/c37-28(21-40-26-19-11-4-12-20-26)35-29-32(38)36-30(27(22-42-33(29)36)23-13-5-1-6-14-23)34(39)41-31(24-15-7-2-8-16-24)25-17-9-3-10-18-25/h2-4,7-12,15-20,23,29,31,33H,1,5-6,13-14,21-22H2,(H,35,37)/t29?,33-/m1/s1. The molecular weight excluding hydrogens is 548 g/mol. The van der Waals surface area contributed by atoms with Gasteiger partial charge in [0.1, 0.15) is 22.9 Å². The zero-order valence-electron chi connectivity index (χ0n) is 23.3. The van der Waals surface area contributed by atoms with Crippen LogP contribution < -0.4 is 10.1 Å². The fourth-order valence-corrected chi connectivity index (χ4v) is 7.48. The van der Waals surface area contributed by atoms with Gasteiger partial charge in [-0.05, 0) is 47.6 Å². The van der Waals surface area contributed by atoms with Crippen LogP contribution in [0.4, 0.5) is 0 Å². The van der Waals surface area contributed by atoms with Crippen molar-refractivity contribution in [3.63, 3.8) is 0 Å². The Hall–Kier alpha value is -4.04. The Bertz CT molecular complexity index is 1400. The molecule has 3 aromatic carbocycles. The number of nitrogens with zero attached hydrogens (tertiary/aromatic N) is 1. The molecule has 0 aromatic heterocycles. The third-order valence-electron chi connectivity index (χ3n) is 8.15. The molecular formula is C34H34N2O5S. The van der Waals surface area contributed by atoms with E-state index in [0.717, 1.165) is 42.4 Å². The van der Waals surface area contributed by atoms with Gasteiger partial charge in [0.2, 0.25) is 0 Å². The molecule has 1 saturated heterocycles. The molecule has 1 saturated carbocycles. The highest BCUT2D eigenvalue weighted by atomic mass is 32.2. The fraction of sp³-hybridized carbons (Fsp3) is 0.324. The van der Waals surface area contributed by atoms with E-state index in [1.54, 1.807) is 28.8 Å². The second-order valence-corrected chi connectivity index (χ2v) is 12.0. The maximum atomic E-state index is 14.1. The first-order valence-corrected chi connectivity index (χ1v) is 15.6. The van der Waals surface area contributed by atoms with Crippen LogP contribution in [0, 0.1) is 5.92 Å². The molecule has 216 valence electrons. The summed E-state index contributed by atoms with van der Waals surface area (Å²) in [7, 11) is 0. The molecule has 2 aliphatic heterocycles. The molecule has 0 spiro atoms. The van der Waals surface area contributed by atoms with E-state index in [2.05, 4.69) is 5.32 Å². The van der Waals surface area contributed by atoms with Gasteiger partial charge < -0.3 is 14.8 Å². The largest absolute Gasteiger partial charge is 0.484 e. The van der Waals surface area contributed by atoms with Crippen molar-refractivity contribution in [2.45, 2.75) is 49.6 Å². The van der Waals surface area contributed by atoms with Crippen molar-refractivity contribution in [3.05, 3.63) is 113 Å². The van der Waals surface area contributed by atoms with Crippen LogP contribution in [0.5, 0.6) is 5.75 Å². The van der Waals surface area contributed by atoms with Crippen molar-refractivity contribution >= 4 is 29.5 Å². The van der Waals surface area contributed by atoms with Gasteiger partial charge in [-0.1, -0.05) is 98.1 Å². The molecule has 2 amide bonds. The van der Waals surface area contributed by atoms with Gasteiger partial charge in [0, 0.05) is 5.75 Å². The molecule has 3 aromatic rings. The minimum atomic E-state index is -0.725. The van der Waals surface area contributed by atoms with E-state index in [-0.39, 0.29) is 29.7 Å². The van der Waals surface area contributed by atoms with E-state index in [1.807, 2.05) is 78.9 Å². The lowest BCUT2D eigenvalue weighted by molar-refractivity contribution is -0.155. The number of thioether (sulfide) groups is 1.